The lowest BCUT2D eigenvalue weighted by molar-refractivity contribution is 0.360. The number of hydrogen-bond donors (Lipinski definition) is 0. The highest BCUT2D eigenvalue weighted by Gasteiger charge is 2.29. The molecule has 0 saturated carbocycles. The molecule has 8 heteroatoms. The van der Waals surface area contributed by atoms with Crippen LogP contribution in [0.3, 0.4) is 0 Å². The number of benzene rings is 1. The Morgan fingerprint density at radius 1 is 0.917 bits per heavy atom. The fraction of sp³-hybridized carbons (Fsp3) is 0.438. The van der Waals surface area contributed by atoms with E-state index in [4.69, 9.17) is 34.8 Å². The zero-order valence-corrected chi connectivity index (χ0v) is 15.6. The predicted octanol–water partition coefficient (Wildman–Crippen LogP) is 3.51. The van der Waals surface area contributed by atoms with Gasteiger partial charge in [0.05, 0.1) is 0 Å². The van der Waals surface area contributed by atoms with Gasteiger partial charge in [0.25, 0.3) is 0 Å². The van der Waals surface area contributed by atoms with Crippen molar-refractivity contribution >= 4 is 40.8 Å². The average molecular weight is 387 g/mol. The van der Waals surface area contributed by atoms with E-state index in [2.05, 4.69) is 31.8 Å². The van der Waals surface area contributed by atoms with E-state index in [9.17, 15) is 0 Å². The first kappa shape index (κ1) is 17.7. The zero-order chi connectivity index (χ0) is 17.2. The minimum absolute atomic E-state index is 0.147. The fourth-order valence-electron chi connectivity index (χ4n) is 2.60. The molecule has 1 aliphatic heterocycles. The Labute approximate surface area is 156 Å². The molecule has 1 fully saturated rings. The van der Waals surface area contributed by atoms with Gasteiger partial charge in [0, 0.05) is 25.2 Å². The van der Waals surface area contributed by atoms with Gasteiger partial charge in [-0.3, -0.25) is 0 Å². The molecule has 0 N–H and O–H groups in total. The Morgan fingerprint density at radius 3 is 2.38 bits per heavy atom. The van der Waals surface area contributed by atoms with Gasteiger partial charge in [-0.05, 0) is 20.0 Å². The number of nitrogens with zero attached hydrogens (tertiary/aromatic N) is 5. The van der Waals surface area contributed by atoms with Crippen LogP contribution in [0.4, 0.5) is 5.95 Å². The maximum atomic E-state index is 6.04. The van der Waals surface area contributed by atoms with Gasteiger partial charge < -0.3 is 9.80 Å². The van der Waals surface area contributed by atoms with Crippen LogP contribution in [0.25, 0.3) is 11.4 Å². The van der Waals surface area contributed by atoms with Crippen LogP contribution in [0.15, 0.2) is 30.3 Å². The monoisotopic (exact) mass is 385 g/mol. The molecule has 1 saturated heterocycles. The van der Waals surface area contributed by atoms with E-state index >= 15 is 0 Å². The Kier molecular flexibility index (Phi) is 5.45. The summed E-state index contributed by atoms with van der Waals surface area (Å²) in [6.07, 6.45) is 1.03. The van der Waals surface area contributed by atoms with Gasteiger partial charge in [0.15, 0.2) is 11.6 Å². The van der Waals surface area contributed by atoms with Crippen molar-refractivity contribution in [2.24, 2.45) is 0 Å². The summed E-state index contributed by atoms with van der Waals surface area (Å²) in [6, 6.07) is 9.64. The minimum atomic E-state index is -1.69. The van der Waals surface area contributed by atoms with E-state index < -0.39 is 3.79 Å². The number of alkyl halides is 3. The SMILES string of the molecule is CN1CCCN(c2nc(-c3ccccc3)nc(C(Cl)(Cl)Cl)n2)CC1. The van der Waals surface area contributed by atoms with E-state index in [0.717, 1.165) is 38.2 Å². The van der Waals surface area contributed by atoms with Crippen molar-refractivity contribution in [1.82, 2.24) is 19.9 Å². The van der Waals surface area contributed by atoms with Gasteiger partial charge in [-0.2, -0.15) is 9.97 Å². The van der Waals surface area contributed by atoms with E-state index in [1.165, 1.54) is 0 Å². The molecule has 2 heterocycles. The van der Waals surface area contributed by atoms with Crippen LogP contribution in [0.5, 0.6) is 0 Å². The normalized spacial score (nSPS) is 16.9. The summed E-state index contributed by atoms with van der Waals surface area (Å²) < 4.78 is -1.69. The third kappa shape index (κ3) is 4.28. The number of aromatic nitrogens is 3. The first-order valence-corrected chi connectivity index (χ1v) is 8.89. The summed E-state index contributed by atoms with van der Waals surface area (Å²) in [5.74, 6) is 1.22. The van der Waals surface area contributed by atoms with Crippen molar-refractivity contribution in [3.05, 3.63) is 36.2 Å². The number of halogens is 3. The first-order valence-electron chi connectivity index (χ1n) is 7.76. The predicted molar refractivity (Wildman–Crippen MR) is 98.8 cm³/mol. The van der Waals surface area contributed by atoms with Gasteiger partial charge in [0.2, 0.25) is 9.74 Å². The van der Waals surface area contributed by atoms with E-state index in [1.807, 2.05) is 30.3 Å². The van der Waals surface area contributed by atoms with Gasteiger partial charge in [-0.15, -0.1) is 0 Å². The summed E-state index contributed by atoms with van der Waals surface area (Å²) in [5.41, 5.74) is 0.864. The average Bonchev–Trinajstić information content (AvgIpc) is 2.79. The van der Waals surface area contributed by atoms with Gasteiger partial charge in [-0.1, -0.05) is 65.1 Å². The van der Waals surface area contributed by atoms with E-state index in [-0.39, 0.29) is 5.82 Å². The van der Waals surface area contributed by atoms with Crippen LogP contribution in [0.2, 0.25) is 0 Å². The van der Waals surface area contributed by atoms with Crippen LogP contribution < -0.4 is 4.90 Å². The van der Waals surface area contributed by atoms with Crippen LogP contribution in [0.1, 0.15) is 12.2 Å². The largest absolute Gasteiger partial charge is 0.339 e. The van der Waals surface area contributed by atoms with Crippen molar-refractivity contribution < 1.29 is 0 Å². The summed E-state index contributed by atoms with van der Waals surface area (Å²) in [7, 11) is 2.11. The summed E-state index contributed by atoms with van der Waals surface area (Å²) in [6.45, 7) is 3.68. The second-order valence-corrected chi connectivity index (χ2v) is 8.07. The van der Waals surface area contributed by atoms with Crippen LogP contribution >= 0.6 is 34.8 Å². The minimum Gasteiger partial charge on any atom is -0.339 e. The molecule has 1 aliphatic rings. The second kappa shape index (κ2) is 7.40. The first-order chi connectivity index (χ1) is 11.4. The smallest absolute Gasteiger partial charge is 0.250 e. The summed E-state index contributed by atoms with van der Waals surface area (Å²) in [5, 5.41) is 0. The molecule has 24 heavy (non-hydrogen) atoms. The molecular formula is C16H18Cl3N5. The number of likely N-dealkylation sites (N-methyl/N-ethyl adjacent to an activating group) is 1. The van der Waals surface area contributed by atoms with Crippen LogP contribution in [-0.2, 0) is 3.79 Å². The van der Waals surface area contributed by atoms with Gasteiger partial charge in [0.1, 0.15) is 0 Å². The lowest BCUT2D eigenvalue weighted by atomic mass is 10.2. The standard InChI is InChI=1S/C16H18Cl3N5/c1-23-8-5-9-24(11-10-23)15-21-13(12-6-3-2-4-7-12)20-14(22-15)16(17,18)19/h2-4,6-7H,5,8-11H2,1H3. The van der Waals surface area contributed by atoms with Crippen molar-refractivity contribution in [1.29, 1.82) is 0 Å². The summed E-state index contributed by atoms with van der Waals surface area (Å²) >= 11 is 18.1. The molecule has 128 valence electrons. The van der Waals surface area contributed by atoms with Crippen molar-refractivity contribution in [2.75, 3.05) is 38.1 Å². The number of anilines is 1. The van der Waals surface area contributed by atoms with E-state index in [1.54, 1.807) is 0 Å². The molecule has 0 unspecified atom stereocenters. The second-order valence-electron chi connectivity index (χ2n) is 5.79. The Hall–Kier alpha value is -1.14. The zero-order valence-electron chi connectivity index (χ0n) is 13.3. The lowest BCUT2D eigenvalue weighted by Crippen LogP contribution is -2.31. The number of rotatable bonds is 2. The third-order valence-corrected chi connectivity index (χ3v) is 4.42. The molecular weight excluding hydrogens is 369 g/mol. The molecule has 1 aromatic carbocycles. The van der Waals surface area contributed by atoms with Crippen LogP contribution in [0, 0.1) is 0 Å². The molecule has 5 nitrogen and oxygen atoms in total. The maximum absolute atomic E-state index is 6.04. The van der Waals surface area contributed by atoms with Gasteiger partial charge >= 0.3 is 0 Å². The molecule has 0 atom stereocenters. The highest BCUT2D eigenvalue weighted by molar-refractivity contribution is 6.66. The molecule has 0 amide bonds. The van der Waals surface area contributed by atoms with Crippen molar-refractivity contribution in [2.45, 2.75) is 10.2 Å². The van der Waals surface area contributed by atoms with Crippen molar-refractivity contribution in [3.63, 3.8) is 0 Å². The molecule has 2 aromatic rings. The highest BCUT2D eigenvalue weighted by atomic mass is 35.6. The molecule has 0 bridgehead atoms. The van der Waals surface area contributed by atoms with E-state index in [0.29, 0.717) is 11.8 Å². The highest BCUT2D eigenvalue weighted by Crippen LogP contribution is 2.37. The Bertz CT molecular complexity index is 690. The maximum Gasteiger partial charge on any atom is 0.250 e. The topological polar surface area (TPSA) is 45.2 Å². The Morgan fingerprint density at radius 2 is 1.67 bits per heavy atom. The molecule has 3 rings (SSSR count). The lowest BCUT2D eigenvalue weighted by Gasteiger charge is -2.22. The molecule has 0 spiro atoms. The molecule has 1 aromatic heterocycles. The quantitative estimate of drug-likeness (QED) is 0.739. The number of hydrogen-bond acceptors (Lipinski definition) is 5. The van der Waals surface area contributed by atoms with Crippen LogP contribution in [-0.4, -0.2) is 53.1 Å². The Balaban J connectivity index is 2.02. The summed E-state index contributed by atoms with van der Waals surface area (Å²) in [4.78, 5) is 17.8. The van der Waals surface area contributed by atoms with Crippen molar-refractivity contribution in [3.8, 4) is 11.4 Å². The molecule has 0 radical (unpaired) electrons. The fourth-order valence-corrected chi connectivity index (χ4v) is 2.85. The third-order valence-electron chi connectivity index (χ3n) is 3.91. The molecule has 0 aliphatic carbocycles. The van der Waals surface area contributed by atoms with Gasteiger partial charge in [-0.25, -0.2) is 4.98 Å².